The summed E-state index contributed by atoms with van der Waals surface area (Å²) in [5, 5.41) is 5.72. The third-order valence-electron chi connectivity index (χ3n) is 4.92. The molecule has 128 valence electrons. The van der Waals surface area contributed by atoms with E-state index >= 15 is 0 Å². The first-order chi connectivity index (χ1) is 12.2. The van der Waals surface area contributed by atoms with Crippen molar-refractivity contribution in [2.75, 3.05) is 18.4 Å². The molecule has 1 unspecified atom stereocenters. The van der Waals surface area contributed by atoms with E-state index in [-0.39, 0.29) is 0 Å². The fourth-order valence-corrected chi connectivity index (χ4v) is 3.96. The van der Waals surface area contributed by atoms with Crippen molar-refractivity contribution < 1.29 is 0 Å². The number of pyridine rings is 1. The van der Waals surface area contributed by atoms with Crippen LogP contribution in [0.5, 0.6) is 0 Å². The van der Waals surface area contributed by atoms with E-state index in [0.717, 1.165) is 30.0 Å². The van der Waals surface area contributed by atoms with Gasteiger partial charge in [0, 0.05) is 29.5 Å². The minimum atomic E-state index is 0.323. The van der Waals surface area contributed by atoms with E-state index in [0.29, 0.717) is 6.04 Å². The Morgan fingerprint density at radius 1 is 1.20 bits per heavy atom. The molecule has 3 heterocycles. The standard InChI is InChI=1S/C20H22N4S/c1-14(15(2)24-7-3-4-8-24)23-20-10-18-9-16(19-12-21-13-25-19)5-6-17(18)11-22-20/h5-6,9-13,15H,1,3-4,7-8H2,2H3,(H,22,23). The molecule has 5 heteroatoms. The zero-order valence-electron chi connectivity index (χ0n) is 14.4. The molecule has 0 radical (unpaired) electrons. The van der Waals surface area contributed by atoms with Crippen molar-refractivity contribution in [3.63, 3.8) is 0 Å². The Morgan fingerprint density at radius 2 is 2.04 bits per heavy atom. The van der Waals surface area contributed by atoms with Gasteiger partial charge in [0.05, 0.1) is 10.4 Å². The Hall–Kier alpha value is -2.24. The molecule has 1 fully saturated rings. The molecule has 1 aliphatic rings. The van der Waals surface area contributed by atoms with Crippen molar-refractivity contribution in [1.82, 2.24) is 14.9 Å². The van der Waals surface area contributed by atoms with E-state index in [2.05, 4.69) is 58.0 Å². The molecule has 1 aromatic carbocycles. The van der Waals surface area contributed by atoms with Gasteiger partial charge in [0.1, 0.15) is 5.82 Å². The summed E-state index contributed by atoms with van der Waals surface area (Å²) in [6.07, 6.45) is 6.39. The summed E-state index contributed by atoms with van der Waals surface area (Å²) in [5.41, 5.74) is 4.06. The Labute approximate surface area is 152 Å². The van der Waals surface area contributed by atoms with Gasteiger partial charge in [-0.3, -0.25) is 9.88 Å². The SMILES string of the molecule is C=C(Nc1cc2cc(-c3cncs3)ccc2cn1)C(C)N1CCCC1. The number of anilines is 1. The van der Waals surface area contributed by atoms with Crippen molar-refractivity contribution >= 4 is 27.9 Å². The molecule has 4 rings (SSSR count). The lowest BCUT2D eigenvalue weighted by Crippen LogP contribution is -2.33. The maximum absolute atomic E-state index is 4.55. The van der Waals surface area contributed by atoms with Crippen LogP contribution in [-0.2, 0) is 0 Å². The lowest BCUT2D eigenvalue weighted by atomic mass is 10.1. The second kappa shape index (κ2) is 6.94. The van der Waals surface area contributed by atoms with Crippen molar-refractivity contribution in [1.29, 1.82) is 0 Å². The molecule has 0 saturated carbocycles. The maximum atomic E-state index is 4.55. The first-order valence-electron chi connectivity index (χ1n) is 8.69. The summed E-state index contributed by atoms with van der Waals surface area (Å²) in [4.78, 5) is 12.4. The largest absolute Gasteiger partial charge is 0.343 e. The fourth-order valence-electron chi connectivity index (χ4n) is 3.34. The lowest BCUT2D eigenvalue weighted by molar-refractivity contribution is 0.291. The molecule has 3 aromatic rings. The number of hydrogen-bond acceptors (Lipinski definition) is 5. The Bertz CT molecular complexity index is 882. The van der Waals surface area contributed by atoms with Crippen LogP contribution in [0.15, 0.2) is 54.4 Å². The zero-order valence-corrected chi connectivity index (χ0v) is 15.2. The number of thiazole rings is 1. The van der Waals surface area contributed by atoms with E-state index < -0.39 is 0 Å². The van der Waals surface area contributed by atoms with E-state index in [1.54, 1.807) is 11.3 Å². The minimum absolute atomic E-state index is 0.323. The second-order valence-electron chi connectivity index (χ2n) is 6.57. The normalized spacial score (nSPS) is 16.2. The number of benzene rings is 1. The zero-order chi connectivity index (χ0) is 17.2. The number of nitrogens with zero attached hydrogens (tertiary/aromatic N) is 3. The van der Waals surface area contributed by atoms with Gasteiger partial charge in [0.15, 0.2) is 0 Å². The average molecular weight is 350 g/mol. The summed E-state index contributed by atoms with van der Waals surface area (Å²) in [7, 11) is 0. The predicted octanol–water partition coefficient (Wildman–Crippen LogP) is 4.77. The average Bonchev–Trinajstić information content (AvgIpc) is 3.34. The van der Waals surface area contributed by atoms with Crippen molar-refractivity contribution in [3.05, 3.63) is 54.4 Å². The van der Waals surface area contributed by atoms with Crippen LogP contribution in [0, 0.1) is 0 Å². The molecule has 2 aromatic heterocycles. The molecule has 0 spiro atoms. The molecule has 1 saturated heterocycles. The third kappa shape index (κ3) is 3.43. The van der Waals surface area contributed by atoms with Gasteiger partial charge in [-0.1, -0.05) is 18.7 Å². The summed E-state index contributed by atoms with van der Waals surface area (Å²) >= 11 is 1.66. The highest BCUT2D eigenvalue weighted by atomic mass is 32.1. The molecule has 4 nitrogen and oxygen atoms in total. The van der Waals surface area contributed by atoms with Gasteiger partial charge in [-0.05, 0) is 55.9 Å². The number of rotatable bonds is 5. The highest BCUT2D eigenvalue weighted by Gasteiger charge is 2.20. The minimum Gasteiger partial charge on any atom is -0.343 e. The second-order valence-corrected chi connectivity index (χ2v) is 7.45. The van der Waals surface area contributed by atoms with Crippen LogP contribution in [0.3, 0.4) is 0 Å². The number of aromatic nitrogens is 2. The smallest absolute Gasteiger partial charge is 0.130 e. The Morgan fingerprint density at radius 3 is 2.80 bits per heavy atom. The Kier molecular flexibility index (Phi) is 4.51. The predicted molar refractivity (Wildman–Crippen MR) is 106 cm³/mol. The first-order valence-corrected chi connectivity index (χ1v) is 9.57. The van der Waals surface area contributed by atoms with Crippen LogP contribution in [-0.4, -0.2) is 34.0 Å². The van der Waals surface area contributed by atoms with Crippen LogP contribution in [0.1, 0.15) is 19.8 Å². The van der Waals surface area contributed by atoms with Gasteiger partial charge in [-0.15, -0.1) is 11.3 Å². The highest BCUT2D eigenvalue weighted by molar-refractivity contribution is 7.13. The quantitative estimate of drug-likeness (QED) is 0.720. The van der Waals surface area contributed by atoms with E-state index in [1.165, 1.54) is 28.7 Å². The third-order valence-corrected chi connectivity index (χ3v) is 5.74. The van der Waals surface area contributed by atoms with Crippen molar-refractivity contribution in [2.45, 2.75) is 25.8 Å². The Balaban J connectivity index is 1.56. The van der Waals surface area contributed by atoms with Gasteiger partial charge in [0.25, 0.3) is 0 Å². The van der Waals surface area contributed by atoms with Crippen LogP contribution >= 0.6 is 11.3 Å². The van der Waals surface area contributed by atoms with E-state index in [1.807, 2.05) is 17.9 Å². The van der Waals surface area contributed by atoms with Gasteiger partial charge < -0.3 is 5.32 Å². The molecule has 0 amide bonds. The van der Waals surface area contributed by atoms with Crippen LogP contribution in [0.2, 0.25) is 0 Å². The molecular weight excluding hydrogens is 328 g/mol. The molecule has 1 atom stereocenters. The maximum Gasteiger partial charge on any atom is 0.130 e. The van der Waals surface area contributed by atoms with Gasteiger partial charge in [0.2, 0.25) is 0 Å². The van der Waals surface area contributed by atoms with Gasteiger partial charge in [-0.2, -0.15) is 0 Å². The van der Waals surface area contributed by atoms with E-state index in [4.69, 9.17) is 0 Å². The summed E-state index contributed by atoms with van der Waals surface area (Å²) in [6.45, 7) is 8.76. The van der Waals surface area contributed by atoms with Crippen molar-refractivity contribution in [2.24, 2.45) is 0 Å². The molecule has 1 aliphatic heterocycles. The van der Waals surface area contributed by atoms with E-state index in [9.17, 15) is 0 Å². The molecule has 1 N–H and O–H groups in total. The number of hydrogen-bond donors (Lipinski definition) is 1. The molecular formula is C20H22N4S. The monoisotopic (exact) mass is 350 g/mol. The number of nitrogens with one attached hydrogen (secondary N) is 1. The molecule has 0 aliphatic carbocycles. The molecule has 25 heavy (non-hydrogen) atoms. The van der Waals surface area contributed by atoms with Crippen molar-refractivity contribution in [3.8, 4) is 10.4 Å². The summed E-state index contributed by atoms with van der Waals surface area (Å²) in [6, 6.07) is 8.86. The summed E-state index contributed by atoms with van der Waals surface area (Å²) in [5.74, 6) is 0.852. The molecule has 0 bridgehead atoms. The first kappa shape index (κ1) is 16.2. The topological polar surface area (TPSA) is 41.1 Å². The van der Waals surface area contributed by atoms with Crippen LogP contribution in [0.25, 0.3) is 21.2 Å². The van der Waals surface area contributed by atoms with Crippen LogP contribution in [0.4, 0.5) is 5.82 Å². The fraction of sp³-hybridized carbons (Fsp3) is 0.300. The lowest BCUT2D eigenvalue weighted by Gasteiger charge is -2.26. The van der Waals surface area contributed by atoms with Gasteiger partial charge >= 0.3 is 0 Å². The highest BCUT2D eigenvalue weighted by Crippen LogP contribution is 2.28. The van der Waals surface area contributed by atoms with Crippen LogP contribution < -0.4 is 5.32 Å². The summed E-state index contributed by atoms with van der Waals surface area (Å²) < 4.78 is 0. The number of fused-ring (bicyclic) bond motifs is 1. The number of likely N-dealkylation sites (tertiary alicyclic amines) is 1. The van der Waals surface area contributed by atoms with Gasteiger partial charge in [-0.25, -0.2) is 4.98 Å².